The van der Waals surface area contributed by atoms with Crippen LogP contribution >= 0.6 is 24.4 Å². The Balaban J connectivity index is 2.42. The average molecular weight is 169 g/mol. The number of nitrogens with one attached hydrogen (secondary N) is 1. The Hall–Kier alpha value is -0.280. The second-order valence-electron chi connectivity index (χ2n) is 2.11. The van der Waals surface area contributed by atoms with Gasteiger partial charge in [-0.1, -0.05) is 23.9 Å². The molecule has 0 radical (unpaired) electrons. The summed E-state index contributed by atoms with van der Waals surface area (Å²) in [6.07, 6.45) is 0. The maximum absolute atomic E-state index is 4.29. The number of anilines is 1. The van der Waals surface area contributed by atoms with E-state index in [0.29, 0.717) is 0 Å². The highest BCUT2D eigenvalue weighted by Gasteiger charge is 2.15. The molecule has 1 aliphatic heterocycles. The topological polar surface area (TPSA) is 12.0 Å². The van der Waals surface area contributed by atoms with E-state index in [1.165, 1.54) is 10.6 Å². The van der Waals surface area contributed by atoms with E-state index in [2.05, 4.69) is 30.1 Å². The molecule has 1 heterocycles. The van der Waals surface area contributed by atoms with E-state index in [1.807, 2.05) is 12.1 Å². The fourth-order valence-corrected chi connectivity index (χ4v) is 2.29. The maximum atomic E-state index is 4.29. The van der Waals surface area contributed by atoms with Gasteiger partial charge in [0.2, 0.25) is 0 Å². The molecule has 1 aromatic rings. The Labute approximate surface area is 69.6 Å². The van der Waals surface area contributed by atoms with Crippen LogP contribution in [0.1, 0.15) is 0 Å². The molecule has 1 aromatic carbocycles. The predicted octanol–water partition coefficient (Wildman–Crippen LogP) is 2.42. The molecule has 1 aliphatic rings. The monoisotopic (exact) mass is 169 g/mol. The molecule has 10 heavy (non-hydrogen) atoms. The van der Waals surface area contributed by atoms with Gasteiger partial charge in [0.15, 0.2) is 0 Å². The molecule has 1 nitrogen and oxygen atoms in total. The fraction of sp³-hybridized carbons (Fsp3) is 0.143. The van der Waals surface area contributed by atoms with Crippen LogP contribution in [0.5, 0.6) is 0 Å². The van der Waals surface area contributed by atoms with Gasteiger partial charge in [-0.25, -0.2) is 0 Å². The van der Waals surface area contributed by atoms with Gasteiger partial charge in [0, 0.05) is 10.6 Å². The summed E-state index contributed by atoms with van der Waals surface area (Å²) in [6.45, 7) is 0. The second-order valence-corrected chi connectivity index (χ2v) is 4.12. The highest BCUT2D eigenvalue weighted by Crippen LogP contribution is 2.38. The molecule has 3 heteroatoms. The van der Waals surface area contributed by atoms with Crippen LogP contribution in [0.15, 0.2) is 29.2 Å². The molecule has 0 bridgehead atoms. The first-order chi connectivity index (χ1) is 4.86. The lowest BCUT2D eigenvalue weighted by molar-refractivity contribution is 1.40. The van der Waals surface area contributed by atoms with Crippen LogP contribution in [0.4, 0.5) is 5.69 Å². The Kier molecular flexibility index (Phi) is 1.54. The summed E-state index contributed by atoms with van der Waals surface area (Å²) in [5, 5.41) is 3.22. The summed E-state index contributed by atoms with van der Waals surface area (Å²) in [4.78, 5) is 1.29. The highest BCUT2D eigenvalue weighted by molar-refractivity contribution is 8.10. The van der Waals surface area contributed by atoms with Crippen molar-refractivity contribution in [1.82, 2.24) is 0 Å². The Bertz CT molecular complexity index is 224. The van der Waals surface area contributed by atoms with Crippen molar-refractivity contribution < 1.29 is 0 Å². The molecule has 0 spiro atoms. The van der Waals surface area contributed by atoms with Gasteiger partial charge in [-0.15, -0.1) is 12.6 Å². The molecular formula is C7H7NS2. The summed E-state index contributed by atoms with van der Waals surface area (Å²) in [5.74, 6) is 0. The van der Waals surface area contributed by atoms with Gasteiger partial charge < -0.3 is 5.32 Å². The average Bonchev–Trinajstić information content (AvgIpc) is 2.27. The molecule has 1 atom stereocenters. The molecule has 0 saturated carbocycles. The summed E-state index contributed by atoms with van der Waals surface area (Å²) in [5.41, 5.74) is 1.20. The zero-order valence-electron chi connectivity index (χ0n) is 5.24. The van der Waals surface area contributed by atoms with Crippen molar-refractivity contribution in [3.63, 3.8) is 0 Å². The number of rotatable bonds is 0. The number of para-hydroxylation sites is 1. The summed E-state index contributed by atoms with van der Waals surface area (Å²) >= 11 is 6.03. The van der Waals surface area contributed by atoms with Crippen LogP contribution < -0.4 is 5.32 Å². The smallest absolute Gasteiger partial charge is 0.121 e. The molecule has 1 N–H and O–H groups in total. The molecular weight excluding hydrogens is 162 g/mol. The van der Waals surface area contributed by atoms with Crippen molar-refractivity contribution in [3.05, 3.63) is 24.3 Å². The van der Waals surface area contributed by atoms with Crippen molar-refractivity contribution in [2.75, 3.05) is 5.32 Å². The molecule has 0 saturated heterocycles. The lowest BCUT2D eigenvalue weighted by Gasteiger charge is -1.98. The maximum Gasteiger partial charge on any atom is 0.121 e. The number of thioether (sulfide) groups is 1. The molecule has 0 amide bonds. The first kappa shape index (κ1) is 6.43. The van der Waals surface area contributed by atoms with E-state index >= 15 is 0 Å². The van der Waals surface area contributed by atoms with E-state index in [4.69, 9.17) is 0 Å². The van der Waals surface area contributed by atoms with Gasteiger partial charge in [0.1, 0.15) is 4.71 Å². The third-order valence-corrected chi connectivity index (χ3v) is 2.80. The van der Waals surface area contributed by atoms with Crippen LogP contribution in [-0.2, 0) is 0 Å². The van der Waals surface area contributed by atoms with Gasteiger partial charge in [-0.2, -0.15) is 0 Å². The van der Waals surface area contributed by atoms with Gasteiger partial charge in [-0.3, -0.25) is 0 Å². The number of hydrogen-bond donors (Lipinski definition) is 2. The zero-order valence-corrected chi connectivity index (χ0v) is 6.95. The number of fused-ring (bicyclic) bond motifs is 1. The van der Waals surface area contributed by atoms with Crippen LogP contribution in [-0.4, -0.2) is 4.71 Å². The minimum Gasteiger partial charge on any atom is -0.364 e. The van der Waals surface area contributed by atoms with E-state index in [-0.39, 0.29) is 4.71 Å². The number of hydrogen-bond acceptors (Lipinski definition) is 3. The SMILES string of the molecule is S[C@@H]1Nc2ccccc2S1. The fourth-order valence-electron chi connectivity index (χ4n) is 0.971. The van der Waals surface area contributed by atoms with E-state index in [1.54, 1.807) is 11.8 Å². The van der Waals surface area contributed by atoms with E-state index < -0.39 is 0 Å². The minimum atomic E-state index is 0.234. The Morgan fingerprint density at radius 2 is 2.20 bits per heavy atom. The molecule has 2 rings (SSSR count). The largest absolute Gasteiger partial charge is 0.364 e. The standard InChI is InChI=1S/C7H7NS2/c9-7-8-5-3-1-2-4-6(5)10-7/h1-4,7-9H/t7-/m0/s1. The predicted molar refractivity (Wildman–Crippen MR) is 48.7 cm³/mol. The van der Waals surface area contributed by atoms with Crippen LogP contribution in [0.3, 0.4) is 0 Å². The van der Waals surface area contributed by atoms with Crippen LogP contribution in [0, 0.1) is 0 Å². The van der Waals surface area contributed by atoms with Crippen LogP contribution in [0.2, 0.25) is 0 Å². The van der Waals surface area contributed by atoms with Crippen LogP contribution in [0.25, 0.3) is 0 Å². The third kappa shape index (κ3) is 0.995. The molecule has 0 aliphatic carbocycles. The van der Waals surface area contributed by atoms with Gasteiger partial charge in [-0.05, 0) is 12.1 Å². The molecule has 52 valence electrons. The van der Waals surface area contributed by atoms with Crippen molar-refractivity contribution in [2.45, 2.75) is 9.60 Å². The lowest BCUT2D eigenvalue weighted by Crippen LogP contribution is -1.98. The third-order valence-electron chi connectivity index (χ3n) is 1.40. The lowest BCUT2D eigenvalue weighted by atomic mass is 10.3. The van der Waals surface area contributed by atoms with E-state index in [9.17, 15) is 0 Å². The quantitative estimate of drug-likeness (QED) is 0.578. The van der Waals surface area contributed by atoms with E-state index in [0.717, 1.165) is 0 Å². The number of thiol groups is 1. The molecule has 0 fully saturated rings. The Morgan fingerprint density at radius 1 is 1.40 bits per heavy atom. The summed E-state index contributed by atoms with van der Waals surface area (Å²) < 4.78 is 0.234. The summed E-state index contributed by atoms with van der Waals surface area (Å²) in [7, 11) is 0. The number of benzene rings is 1. The first-order valence-electron chi connectivity index (χ1n) is 3.06. The minimum absolute atomic E-state index is 0.234. The van der Waals surface area contributed by atoms with Gasteiger partial charge in [0.25, 0.3) is 0 Å². The molecule has 0 unspecified atom stereocenters. The van der Waals surface area contributed by atoms with Crippen molar-refractivity contribution in [1.29, 1.82) is 0 Å². The zero-order chi connectivity index (χ0) is 6.97. The van der Waals surface area contributed by atoms with Crippen molar-refractivity contribution in [2.24, 2.45) is 0 Å². The summed E-state index contributed by atoms with van der Waals surface area (Å²) in [6, 6.07) is 8.24. The highest BCUT2D eigenvalue weighted by atomic mass is 32.2. The Morgan fingerprint density at radius 3 is 3.00 bits per heavy atom. The normalized spacial score (nSPS) is 21.9. The molecule has 0 aromatic heterocycles. The van der Waals surface area contributed by atoms with Crippen molar-refractivity contribution in [3.8, 4) is 0 Å². The van der Waals surface area contributed by atoms with Gasteiger partial charge >= 0.3 is 0 Å². The first-order valence-corrected chi connectivity index (χ1v) is 4.46. The van der Waals surface area contributed by atoms with Crippen molar-refractivity contribution >= 4 is 30.1 Å². The van der Waals surface area contributed by atoms with Gasteiger partial charge in [0.05, 0.1) is 0 Å². The second kappa shape index (κ2) is 2.40.